The van der Waals surface area contributed by atoms with Gasteiger partial charge in [-0.3, -0.25) is 4.79 Å². The number of rotatable bonds is 5. The molecule has 2 aliphatic rings. The van der Waals surface area contributed by atoms with Gasteiger partial charge in [0.25, 0.3) is 0 Å². The highest BCUT2D eigenvalue weighted by molar-refractivity contribution is 7.89. The fraction of sp³-hybridized carbons (Fsp3) is 0.654. The second-order valence-corrected chi connectivity index (χ2v) is 11.8. The molecule has 1 aromatic rings. The van der Waals surface area contributed by atoms with Crippen molar-refractivity contribution in [3.63, 3.8) is 0 Å². The molecular weight excluding hydrogens is 468 g/mol. The van der Waals surface area contributed by atoms with Gasteiger partial charge >= 0.3 is 0 Å². The molecular formula is C26H38N2O6S. The average Bonchev–Trinajstić information content (AvgIpc) is 2.84. The van der Waals surface area contributed by atoms with Gasteiger partial charge in [-0.05, 0) is 44.9 Å². The Morgan fingerprint density at radius 3 is 2.57 bits per heavy atom. The summed E-state index contributed by atoms with van der Waals surface area (Å²) in [6.07, 6.45) is 3.81. The summed E-state index contributed by atoms with van der Waals surface area (Å²) in [5.74, 6) is 5.54. The maximum Gasteiger partial charge on any atom is 0.247 e. The molecule has 0 saturated heterocycles. The zero-order chi connectivity index (χ0) is 25.8. The van der Waals surface area contributed by atoms with E-state index in [-0.39, 0.29) is 41.5 Å². The smallest absolute Gasteiger partial charge is 0.247 e. The van der Waals surface area contributed by atoms with Crippen LogP contribution < -0.4 is 4.74 Å². The van der Waals surface area contributed by atoms with E-state index in [1.807, 2.05) is 6.92 Å². The van der Waals surface area contributed by atoms with Crippen LogP contribution in [0, 0.1) is 23.7 Å². The zero-order valence-electron chi connectivity index (χ0n) is 21.1. The van der Waals surface area contributed by atoms with Gasteiger partial charge in [0.1, 0.15) is 22.9 Å². The Bertz CT molecular complexity index is 1060. The lowest BCUT2D eigenvalue weighted by Crippen LogP contribution is -2.50. The van der Waals surface area contributed by atoms with Gasteiger partial charge in [0.2, 0.25) is 15.9 Å². The average molecular weight is 507 g/mol. The summed E-state index contributed by atoms with van der Waals surface area (Å²) < 4.78 is 34.7. The van der Waals surface area contributed by atoms with Crippen molar-refractivity contribution >= 4 is 15.9 Å². The van der Waals surface area contributed by atoms with E-state index in [0.29, 0.717) is 12.1 Å². The highest BCUT2D eigenvalue weighted by atomic mass is 32.2. The fourth-order valence-corrected chi connectivity index (χ4v) is 6.56. The minimum Gasteiger partial charge on any atom is -0.487 e. The van der Waals surface area contributed by atoms with E-state index in [9.17, 15) is 23.4 Å². The largest absolute Gasteiger partial charge is 0.487 e. The van der Waals surface area contributed by atoms with Gasteiger partial charge in [0.05, 0.1) is 13.2 Å². The van der Waals surface area contributed by atoms with Crippen LogP contribution in [0.25, 0.3) is 0 Å². The summed E-state index contributed by atoms with van der Waals surface area (Å²) in [4.78, 5) is 14.8. The molecule has 3 rings (SSSR count). The number of carbonyl (C=O) groups is 1. The Kier molecular flexibility index (Phi) is 9.22. The van der Waals surface area contributed by atoms with Crippen molar-refractivity contribution in [3.05, 3.63) is 23.8 Å². The molecule has 0 radical (unpaired) electrons. The maximum atomic E-state index is 13.5. The van der Waals surface area contributed by atoms with Gasteiger partial charge in [-0.2, -0.15) is 4.31 Å². The third kappa shape index (κ3) is 6.56. The standard InChI is InChI=1S/C26H38N2O6S/c1-18-15-28(19(2)17-29)35(32,33)25-13-12-21(11-10-20(3)30)14-23(25)34-24(18)16-27(4)26(31)22-8-6-5-7-9-22/h12-14,18-20,22,24,29-30H,5-9,15-17H2,1-4H3/t18-,19-,20+,24+/m1/s1. The second-order valence-electron chi connectivity index (χ2n) is 9.90. The third-order valence-corrected chi connectivity index (χ3v) is 8.90. The van der Waals surface area contributed by atoms with Crippen molar-refractivity contribution < 1.29 is 28.2 Å². The maximum absolute atomic E-state index is 13.5. The lowest BCUT2D eigenvalue weighted by atomic mass is 9.88. The highest BCUT2D eigenvalue weighted by Gasteiger charge is 2.38. The number of fused-ring (bicyclic) bond motifs is 1. The Morgan fingerprint density at radius 2 is 1.94 bits per heavy atom. The molecule has 0 spiro atoms. The number of aliphatic hydroxyl groups is 2. The molecule has 1 amide bonds. The number of hydrogen-bond donors (Lipinski definition) is 2. The molecule has 194 valence electrons. The molecule has 0 unspecified atom stereocenters. The summed E-state index contributed by atoms with van der Waals surface area (Å²) in [5.41, 5.74) is 0.514. The monoisotopic (exact) mass is 506 g/mol. The summed E-state index contributed by atoms with van der Waals surface area (Å²) >= 11 is 0. The van der Waals surface area contributed by atoms with Gasteiger partial charge < -0.3 is 19.8 Å². The topological polar surface area (TPSA) is 107 Å². The van der Waals surface area contributed by atoms with E-state index in [1.54, 1.807) is 37.9 Å². The summed E-state index contributed by atoms with van der Waals surface area (Å²) in [5, 5.41) is 19.3. The summed E-state index contributed by atoms with van der Waals surface area (Å²) in [6.45, 7) is 5.28. The molecule has 2 N–H and O–H groups in total. The van der Waals surface area contributed by atoms with Gasteiger partial charge in [-0.1, -0.05) is 38.0 Å². The lowest BCUT2D eigenvalue weighted by Gasteiger charge is -2.38. The van der Waals surface area contributed by atoms with E-state index in [1.165, 1.54) is 16.8 Å². The van der Waals surface area contributed by atoms with Crippen LogP contribution in [-0.2, 0) is 14.8 Å². The number of aliphatic hydroxyl groups excluding tert-OH is 2. The van der Waals surface area contributed by atoms with E-state index in [2.05, 4.69) is 11.8 Å². The van der Waals surface area contributed by atoms with Crippen LogP contribution in [0.2, 0.25) is 0 Å². The summed E-state index contributed by atoms with van der Waals surface area (Å²) in [6, 6.07) is 3.98. The molecule has 1 saturated carbocycles. The zero-order valence-corrected chi connectivity index (χ0v) is 21.9. The SMILES string of the molecule is C[C@H](O)C#Cc1ccc2c(c1)O[C@@H](CN(C)C(=O)C1CCCCC1)[C@H](C)CN([C@H](C)CO)S2(=O)=O. The molecule has 1 aromatic carbocycles. The predicted molar refractivity (Wildman–Crippen MR) is 133 cm³/mol. The van der Waals surface area contributed by atoms with Crippen LogP contribution in [0.5, 0.6) is 5.75 Å². The number of sulfonamides is 1. The first kappa shape index (κ1) is 27.5. The first-order valence-electron chi connectivity index (χ1n) is 12.4. The highest BCUT2D eigenvalue weighted by Crippen LogP contribution is 2.34. The third-order valence-electron chi connectivity index (χ3n) is 6.88. The minimum absolute atomic E-state index is 0.00134. The lowest BCUT2D eigenvalue weighted by molar-refractivity contribution is -0.136. The molecule has 35 heavy (non-hydrogen) atoms. The molecule has 9 heteroatoms. The molecule has 1 fully saturated rings. The van der Waals surface area contributed by atoms with Crippen molar-refractivity contribution in [2.45, 2.75) is 76.0 Å². The van der Waals surface area contributed by atoms with Crippen LogP contribution in [0.4, 0.5) is 0 Å². The molecule has 1 aliphatic heterocycles. The number of amides is 1. The molecule has 0 aromatic heterocycles. The number of ether oxygens (including phenoxy) is 1. The van der Waals surface area contributed by atoms with E-state index in [4.69, 9.17) is 4.74 Å². The molecule has 0 bridgehead atoms. The van der Waals surface area contributed by atoms with Crippen molar-refractivity contribution in [1.29, 1.82) is 0 Å². The van der Waals surface area contributed by atoms with Crippen LogP contribution in [0.1, 0.15) is 58.4 Å². The van der Waals surface area contributed by atoms with Gasteiger partial charge in [-0.15, -0.1) is 0 Å². The van der Waals surface area contributed by atoms with E-state index in [0.717, 1.165) is 25.7 Å². The van der Waals surface area contributed by atoms with E-state index >= 15 is 0 Å². The first-order chi connectivity index (χ1) is 16.5. The Labute approximate surface area is 209 Å². The van der Waals surface area contributed by atoms with Gasteiger partial charge in [0, 0.05) is 37.0 Å². The summed E-state index contributed by atoms with van der Waals surface area (Å²) in [7, 11) is -2.17. The number of likely N-dealkylation sites (N-methyl/N-ethyl adjacent to an activating group) is 1. The van der Waals surface area contributed by atoms with Crippen LogP contribution in [-0.4, -0.2) is 78.7 Å². The van der Waals surface area contributed by atoms with Crippen LogP contribution >= 0.6 is 0 Å². The normalized spacial score (nSPS) is 24.5. The van der Waals surface area contributed by atoms with Crippen molar-refractivity contribution in [2.24, 2.45) is 11.8 Å². The van der Waals surface area contributed by atoms with Crippen molar-refractivity contribution in [1.82, 2.24) is 9.21 Å². The number of benzene rings is 1. The van der Waals surface area contributed by atoms with Gasteiger partial charge in [0.15, 0.2) is 0 Å². The van der Waals surface area contributed by atoms with Crippen LogP contribution in [0.15, 0.2) is 23.1 Å². The van der Waals surface area contributed by atoms with E-state index < -0.39 is 28.3 Å². The molecule has 4 atom stereocenters. The quantitative estimate of drug-likeness (QED) is 0.593. The second kappa shape index (κ2) is 11.7. The van der Waals surface area contributed by atoms with Crippen LogP contribution in [0.3, 0.4) is 0 Å². The fourth-order valence-electron chi connectivity index (χ4n) is 4.73. The Morgan fingerprint density at radius 1 is 1.26 bits per heavy atom. The molecule has 8 nitrogen and oxygen atoms in total. The number of carbonyl (C=O) groups excluding carboxylic acids is 1. The first-order valence-corrected chi connectivity index (χ1v) is 13.9. The molecule has 1 aliphatic carbocycles. The van der Waals surface area contributed by atoms with Crippen molar-refractivity contribution in [3.8, 4) is 17.6 Å². The number of hydrogen-bond acceptors (Lipinski definition) is 6. The molecule has 1 heterocycles. The Balaban J connectivity index is 1.97. The minimum atomic E-state index is -3.95. The van der Waals surface area contributed by atoms with Gasteiger partial charge in [-0.25, -0.2) is 8.42 Å². The Hall–Kier alpha value is -2.12. The van der Waals surface area contributed by atoms with Crippen molar-refractivity contribution in [2.75, 3.05) is 26.7 Å². The number of nitrogens with zero attached hydrogens (tertiary/aromatic N) is 2. The predicted octanol–water partition coefficient (Wildman–Crippen LogP) is 2.23.